The van der Waals surface area contributed by atoms with Crippen molar-refractivity contribution in [1.82, 2.24) is 14.9 Å². The van der Waals surface area contributed by atoms with Crippen molar-refractivity contribution in [3.8, 4) is 0 Å². The molecule has 3 N–H and O–H groups in total. The molecule has 1 fully saturated rings. The van der Waals surface area contributed by atoms with Crippen LogP contribution in [0.1, 0.15) is 20.3 Å². The number of aliphatic carboxylic acids is 1. The van der Waals surface area contributed by atoms with E-state index < -0.39 is 21.9 Å². The molecule has 0 saturated carbocycles. The fourth-order valence-corrected chi connectivity index (χ4v) is 2.90. The van der Waals surface area contributed by atoms with E-state index in [-0.39, 0.29) is 37.3 Å². The first-order chi connectivity index (χ1) is 9.75. The zero-order valence-electron chi connectivity index (χ0n) is 12.3. The quantitative estimate of drug-likeness (QED) is 0.580. The fourth-order valence-electron chi connectivity index (χ4n) is 2.29. The van der Waals surface area contributed by atoms with Gasteiger partial charge in [0.05, 0.1) is 11.7 Å². The summed E-state index contributed by atoms with van der Waals surface area (Å²) in [5.41, 5.74) is 0. The predicted octanol–water partition coefficient (Wildman–Crippen LogP) is -0.322. The Morgan fingerprint density at radius 1 is 1.29 bits per heavy atom. The molecular formula is C12H23N3O5S. The van der Waals surface area contributed by atoms with Gasteiger partial charge in [0.15, 0.2) is 0 Å². The number of urea groups is 1. The zero-order chi connectivity index (χ0) is 16.0. The number of carbonyl (C=O) groups excluding carboxylic acids is 1. The van der Waals surface area contributed by atoms with Gasteiger partial charge in [-0.1, -0.05) is 6.92 Å². The zero-order valence-corrected chi connectivity index (χ0v) is 13.1. The van der Waals surface area contributed by atoms with Crippen molar-refractivity contribution in [1.29, 1.82) is 0 Å². The first kappa shape index (κ1) is 17.7. The summed E-state index contributed by atoms with van der Waals surface area (Å²) in [6, 6.07) is -0.358. The van der Waals surface area contributed by atoms with Gasteiger partial charge < -0.3 is 15.3 Å². The summed E-state index contributed by atoms with van der Waals surface area (Å²) in [4.78, 5) is 24.5. The van der Waals surface area contributed by atoms with E-state index >= 15 is 0 Å². The Hall–Kier alpha value is -1.35. The first-order valence-electron chi connectivity index (χ1n) is 6.98. The highest BCUT2D eigenvalue weighted by Crippen LogP contribution is 2.21. The molecule has 0 aliphatic carbocycles. The summed E-state index contributed by atoms with van der Waals surface area (Å²) < 4.78 is 24.8. The molecule has 0 bridgehead atoms. The molecule has 8 nitrogen and oxygen atoms in total. The normalized spacial score (nSPS) is 22.9. The molecule has 0 radical (unpaired) electrons. The summed E-state index contributed by atoms with van der Waals surface area (Å²) in [5, 5.41) is 11.6. The van der Waals surface area contributed by atoms with E-state index in [1.54, 1.807) is 0 Å². The molecule has 0 aromatic rings. The van der Waals surface area contributed by atoms with Crippen LogP contribution < -0.4 is 10.0 Å². The minimum absolute atomic E-state index is 0.00905. The molecule has 0 aromatic heterocycles. The largest absolute Gasteiger partial charge is 0.481 e. The number of hydrogen-bond acceptors (Lipinski definition) is 4. The van der Waals surface area contributed by atoms with Gasteiger partial charge in [-0.05, 0) is 19.3 Å². The summed E-state index contributed by atoms with van der Waals surface area (Å²) in [6.45, 7) is 4.42. The maximum Gasteiger partial charge on any atom is 0.317 e. The number of carboxylic acids is 1. The lowest BCUT2D eigenvalue weighted by Gasteiger charge is -2.34. The lowest BCUT2D eigenvalue weighted by atomic mass is 9.91. The number of nitrogens with zero attached hydrogens (tertiary/aromatic N) is 1. The van der Waals surface area contributed by atoms with Gasteiger partial charge in [-0.15, -0.1) is 0 Å². The van der Waals surface area contributed by atoms with Crippen LogP contribution in [-0.4, -0.2) is 62.4 Å². The minimum Gasteiger partial charge on any atom is -0.481 e. The molecule has 1 saturated heterocycles. The topological polar surface area (TPSA) is 116 Å². The summed E-state index contributed by atoms with van der Waals surface area (Å²) in [7, 11) is -3.26. The number of hydrogen-bond donors (Lipinski definition) is 3. The van der Waals surface area contributed by atoms with Gasteiger partial charge in [0.2, 0.25) is 10.0 Å². The second-order valence-corrected chi connectivity index (χ2v) is 7.41. The van der Waals surface area contributed by atoms with E-state index in [0.29, 0.717) is 13.0 Å². The van der Waals surface area contributed by atoms with E-state index in [1.807, 2.05) is 6.92 Å². The van der Waals surface area contributed by atoms with E-state index in [0.717, 1.165) is 0 Å². The van der Waals surface area contributed by atoms with Crippen molar-refractivity contribution in [2.45, 2.75) is 20.3 Å². The van der Waals surface area contributed by atoms with Gasteiger partial charge in [0.1, 0.15) is 0 Å². The highest BCUT2D eigenvalue weighted by molar-refractivity contribution is 7.89. The Labute approximate surface area is 124 Å². The third-order valence-electron chi connectivity index (χ3n) is 3.40. The average molecular weight is 321 g/mol. The number of sulfonamides is 1. The van der Waals surface area contributed by atoms with Crippen LogP contribution in [0.2, 0.25) is 0 Å². The van der Waals surface area contributed by atoms with Crippen molar-refractivity contribution in [2.75, 3.05) is 31.9 Å². The molecule has 1 rings (SSSR count). The molecule has 2 amide bonds. The molecule has 1 aliphatic heterocycles. The number of piperidine rings is 1. The second kappa shape index (κ2) is 7.60. The number of nitrogens with one attached hydrogen (secondary N) is 2. The average Bonchev–Trinajstić information content (AvgIpc) is 2.42. The number of carbonyl (C=O) groups is 2. The Morgan fingerprint density at radius 2 is 1.95 bits per heavy atom. The van der Waals surface area contributed by atoms with Crippen molar-refractivity contribution in [3.05, 3.63) is 0 Å². The van der Waals surface area contributed by atoms with Gasteiger partial charge in [-0.3, -0.25) is 4.79 Å². The third kappa shape index (κ3) is 5.88. The highest BCUT2D eigenvalue weighted by atomic mass is 32.2. The fraction of sp³-hybridized carbons (Fsp3) is 0.833. The molecule has 1 aliphatic rings. The third-order valence-corrected chi connectivity index (χ3v) is 4.80. The van der Waals surface area contributed by atoms with Crippen LogP contribution in [0.4, 0.5) is 4.79 Å². The van der Waals surface area contributed by atoms with Crippen molar-refractivity contribution in [2.24, 2.45) is 11.8 Å². The number of likely N-dealkylation sites (tertiary alicyclic amines) is 1. The second-order valence-electron chi connectivity index (χ2n) is 5.31. The molecular weight excluding hydrogens is 298 g/mol. The number of amides is 2. The Morgan fingerprint density at radius 3 is 2.52 bits per heavy atom. The van der Waals surface area contributed by atoms with Crippen LogP contribution in [0.15, 0.2) is 0 Å². The van der Waals surface area contributed by atoms with Crippen LogP contribution in [0.3, 0.4) is 0 Å². The lowest BCUT2D eigenvalue weighted by Crippen LogP contribution is -2.50. The summed E-state index contributed by atoms with van der Waals surface area (Å²) >= 11 is 0. The van der Waals surface area contributed by atoms with E-state index in [4.69, 9.17) is 5.11 Å². The molecule has 2 atom stereocenters. The number of carboxylic acid groups (broad SMARTS) is 1. The summed E-state index contributed by atoms with van der Waals surface area (Å²) in [6.07, 6.45) is 0.565. The summed E-state index contributed by atoms with van der Waals surface area (Å²) in [5.74, 6) is -1.32. The van der Waals surface area contributed by atoms with Crippen molar-refractivity contribution < 1.29 is 23.1 Å². The molecule has 2 unspecified atom stereocenters. The van der Waals surface area contributed by atoms with Gasteiger partial charge in [0.25, 0.3) is 0 Å². The molecule has 0 aromatic carbocycles. The van der Waals surface area contributed by atoms with Gasteiger partial charge in [-0.25, -0.2) is 17.9 Å². The van der Waals surface area contributed by atoms with Crippen LogP contribution in [0.5, 0.6) is 0 Å². The smallest absolute Gasteiger partial charge is 0.317 e. The molecule has 0 spiro atoms. The number of rotatable bonds is 6. The standard InChI is InChI=1S/C12H23N3O5S/c1-3-21(19,20)14-5-4-13-12(18)15-7-9(2)6-10(8-15)11(16)17/h9-10,14H,3-8H2,1-2H3,(H,13,18)(H,16,17). The van der Waals surface area contributed by atoms with Crippen LogP contribution in [0, 0.1) is 11.8 Å². The molecule has 21 heavy (non-hydrogen) atoms. The maximum atomic E-state index is 12.0. The van der Waals surface area contributed by atoms with Crippen LogP contribution in [0.25, 0.3) is 0 Å². The highest BCUT2D eigenvalue weighted by Gasteiger charge is 2.31. The predicted molar refractivity (Wildman–Crippen MR) is 77.3 cm³/mol. The van der Waals surface area contributed by atoms with E-state index in [1.165, 1.54) is 11.8 Å². The van der Waals surface area contributed by atoms with Crippen molar-refractivity contribution in [3.63, 3.8) is 0 Å². The first-order valence-corrected chi connectivity index (χ1v) is 8.63. The van der Waals surface area contributed by atoms with Crippen LogP contribution in [-0.2, 0) is 14.8 Å². The molecule has 9 heteroatoms. The van der Waals surface area contributed by atoms with Crippen LogP contribution >= 0.6 is 0 Å². The Bertz CT molecular complexity index is 479. The molecule has 122 valence electrons. The maximum absolute atomic E-state index is 12.0. The van der Waals surface area contributed by atoms with Gasteiger partial charge >= 0.3 is 12.0 Å². The van der Waals surface area contributed by atoms with E-state index in [9.17, 15) is 18.0 Å². The molecule has 1 heterocycles. The monoisotopic (exact) mass is 321 g/mol. The Kier molecular flexibility index (Phi) is 6.41. The van der Waals surface area contributed by atoms with Gasteiger partial charge in [0, 0.05) is 26.2 Å². The Balaban J connectivity index is 2.39. The lowest BCUT2D eigenvalue weighted by molar-refractivity contribution is -0.143. The van der Waals surface area contributed by atoms with Crippen molar-refractivity contribution >= 4 is 22.0 Å². The van der Waals surface area contributed by atoms with E-state index in [2.05, 4.69) is 10.0 Å². The SMILES string of the molecule is CCS(=O)(=O)NCCNC(=O)N1CC(C)CC(C(=O)O)C1. The minimum atomic E-state index is -3.26. The van der Waals surface area contributed by atoms with Gasteiger partial charge in [-0.2, -0.15) is 0 Å².